The summed E-state index contributed by atoms with van der Waals surface area (Å²) in [6.07, 6.45) is -2.59. The number of esters is 4. The zero-order valence-corrected chi connectivity index (χ0v) is 23.1. The van der Waals surface area contributed by atoms with Crippen molar-refractivity contribution in [2.75, 3.05) is 26.8 Å². The molecule has 2 aromatic rings. The number of hydrogen-bond acceptors (Lipinski definition) is 12. The molecule has 2 heterocycles. The highest BCUT2D eigenvalue weighted by atomic mass is 16.7. The lowest BCUT2D eigenvalue weighted by molar-refractivity contribution is -0.146. The lowest BCUT2D eigenvalue weighted by atomic mass is 10.1. The number of rotatable bonds is 12. The Hall–Kier alpha value is -4.68. The lowest BCUT2D eigenvalue weighted by Crippen LogP contribution is -2.36. The highest BCUT2D eigenvalue weighted by Crippen LogP contribution is 2.31. The van der Waals surface area contributed by atoms with Crippen LogP contribution >= 0.6 is 0 Å². The van der Waals surface area contributed by atoms with Gasteiger partial charge >= 0.3 is 23.9 Å². The van der Waals surface area contributed by atoms with E-state index >= 15 is 0 Å². The zero-order chi connectivity index (χ0) is 30.2. The van der Waals surface area contributed by atoms with Crippen LogP contribution in [-0.4, -0.2) is 75.1 Å². The van der Waals surface area contributed by atoms with Crippen molar-refractivity contribution in [1.82, 2.24) is 0 Å². The van der Waals surface area contributed by atoms with Crippen molar-refractivity contribution >= 4 is 23.9 Å². The van der Waals surface area contributed by atoms with Gasteiger partial charge in [0.25, 0.3) is 0 Å². The molecule has 0 amide bonds. The Labute approximate surface area is 241 Å². The number of carbonyl (C=O) groups excluding carboxylic acids is 4. The van der Waals surface area contributed by atoms with Gasteiger partial charge in [0.2, 0.25) is 13.6 Å². The quantitative estimate of drug-likeness (QED) is 0.157. The predicted octanol–water partition coefficient (Wildman–Crippen LogP) is 3.15. The molecule has 2 aromatic carbocycles. The molecule has 2 fully saturated rings. The fourth-order valence-electron chi connectivity index (χ4n) is 3.97. The summed E-state index contributed by atoms with van der Waals surface area (Å²) in [6.45, 7) is 9.58. The van der Waals surface area contributed by atoms with Crippen molar-refractivity contribution in [2.24, 2.45) is 0 Å². The molecule has 2 saturated heterocycles. The Bertz CT molecular complexity index is 1230. The zero-order valence-electron chi connectivity index (χ0n) is 23.1. The molecular weight excluding hydrogens is 552 g/mol. The SMILES string of the molecule is C=C(C)C(=O)OCOc1ccc(C(=O)OC2CO[C@@H]3[C@@H](OC(=O)c4ccc(OCOC(=O)C(=C)C)cc4)CO[C@H]23)cc1. The van der Waals surface area contributed by atoms with Gasteiger partial charge in [-0.15, -0.1) is 0 Å². The molecule has 0 spiro atoms. The number of carbonyl (C=O) groups is 4. The first-order chi connectivity index (χ1) is 20.1. The standard InChI is InChI=1S/C30H30O12/c1-17(2)27(31)39-15-37-21-9-5-19(6-10-21)29(33)41-23-13-35-26-24(14-36-25(23)26)42-30(34)20-7-11-22(12-8-20)38-16-40-28(32)18(3)4/h5-12,23-26H,1,3,13-16H2,2,4H3/t23-,24?,25+,26+/m0/s1. The Morgan fingerprint density at radius 1 is 0.667 bits per heavy atom. The van der Waals surface area contributed by atoms with Crippen molar-refractivity contribution < 1.29 is 57.1 Å². The molecule has 4 rings (SSSR count). The van der Waals surface area contributed by atoms with Gasteiger partial charge in [-0.05, 0) is 62.4 Å². The minimum absolute atomic E-state index is 0.0758. The number of hydrogen-bond donors (Lipinski definition) is 0. The van der Waals surface area contributed by atoms with Crippen molar-refractivity contribution in [2.45, 2.75) is 38.3 Å². The second-order valence-electron chi connectivity index (χ2n) is 9.48. The largest absolute Gasteiger partial charge is 0.457 e. The summed E-state index contributed by atoms with van der Waals surface area (Å²) in [4.78, 5) is 48.2. The highest BCUT2D eigenvalue weighted by molar-refractivity contribution is 5.90. The van der Waals surface area contributed by atoms with Crippen molar-refractivity contribution in [3.63, 3.8) is 0 Å². The molecule has 12 nitrogen and oxygen atoms in total. The molecule has 42 heavy (non-hydrogen) atoms. The highest BCUT2D eigenvalue weighted by Gasteiger charge is 2.51. The number of ether oxygens (including phenoxy) is 8. The van der Waals surface area contributed by atoms with Gasteiger partial charge in [0.05, 0.1) is 24.3 Å². The Morgan fingerprint density at radius 2 is 1.02 bits per heavy atom. The van der Waals surface area contributed by atoms with Gasteiger partial charge in [-0.1, -0.05) is 13.2 Å². The van der Waals surface area contributed by atoms with Gasteiger partial charge in [0.1, 0.15) is 23.7 Å². The van der Waals surface area contributed by atoms with Crippen LogP contribution in [0.3, 0.4) is 0 Å². The van der Waals surface area contributed by atoms with Gasteiger partial charge in [0, 0.05) is 11.1 Å². The van der Waals surface area contributed by atoms with Crippen molar-refractivity contribution in [3.05, 3.63) is 84.0 Å². The van der Waals surface area contributed by atoms with E-state index in [4.69, 9.17) is 37.9 Å². The van der Waals surface area contributed by atoms with Gasteiger partial charge < -0.3 is 37.9 Å². The molecule has 4 atom stereocenters. The van der Waals surface area contributed by atoms with E-state index in [1.54, 1.807) is 0 Å². The van der Waals surface area contributed by atoms with E-state index in [-0.39, 0.29) is 49.1 Å². The summed E-state index contributed by atoms with van der Waals surface area (Å²) in [5.41, 5.74) is 1.05. The van der Waals surface area contributed by atoms with E-state index < -0.39 is 48.3 Å². The smallest absolute Gasteiger partial charge is 0.338 e. The van der Waals surface area contributed by atoms with E-state index in [9.17, 15) is 19.2 Å². The van der Waals surface area contributed by atoms with Gasteiger partial charge in [-0.2, -0.15) is 0 Å². The fraction of sp³-hybridized carbons (Fsp3) is 0.333. The fourth-order valence-corrected chi connectivity index (χ4v) is 3.97. The number of benzene rings is 2. The van der Waals surface area contributed by atoms with Crippen LogP contribution in [0.15, 0.2) is 72.8 Å². The third-order valence-electron chi connectivity index (χ3n) is 6.19. The molecule has 0 saturated carbocycles. The van der Waals surface area contributed by atoms with Gasteiger partial charge in [-0.3, -0.25) is 0 Å². The lowest BCUT2D eigenvalue weighted by Gasteiger charge is -2.17. The second-order valence-corrected chi connectivity index (χ2v) is 9.48. The molecule has 0 N–H and O–H groups in total. The summed E-state index contributed by atoms with van der Waals surface area (Å²) in [6, 6.07) is 12.2. The first-order valence-corrected chi connectivity index (χ1v) is 12.9. The molecule has 222 valence electrons. The van der Waals surface area contributed by atoms with Gasteiger partial charge in [0.15, 0.2) is 12.2 Å². The molecule has 2 aliphatic rings. The number of fused-ring (bicyclic) bond motifs is 1. The predicted molar refractivity (Wildman–Crippen MR) is 144 cm³/mol. The summed E-state index contributed by atoms with van der Waals surface area (Å²) in [5, 5.41) is 0. The molecule has 0 bridgehead atoms. The monoisotopic (exact) mass is 582 g/mol. The van der Waals surface area contributed by atoms with Crippen LogP contribution in [-0.2, 0) is 38.0 Å². The molecule has 0 aliphatic carbocycles. The average Bonchev–Trinajstić information content (AvgIpc) is 3.56. The van der Waals surface area contributed by atoms with Crippen molar-refractivity contribution in [1.29, 1.82) is 0 Å². The van der Waals surface area contributed by atoms with Gasteiger partial charge in [-0.25, -0.2) is 19.2 Å². The molecule has 1 unspecified atom stereocenters. The van der Waals surface area contributed by atoms with Crippen LogP contribution in [0, 0.1) is 0 Å². The van der Waals surface area contributed by atoms with E-state index in [0.717, 1.165) is 0 Å². The summed E-state index contributed by atoms with van der Waals surface area (Å²) in [7, 11) is 0. The van der Waals surface area contributed by atoms with Crippen LogP contribution in [0.25, 0.3) is 0 Å². The molecule has 12 heteroatoms. The maximum atomic E-state index is 12.7. The van der Waals surface area contributed by atoms with Crippen molar-refractivity contribution in [3.8, 4) is 11.5 Å². The van der Waals surface area contributed by atoms with Crippen LogP contribution in [0.1, 0.15) is 34.6 Å². The van der Waals surface area contributed by atoms with Crippen LogP contribution in [0.4, 0.5) is 0 Å². The van der Waals surface area contributed by atoms with Crippen LogP contribution < -0.4 is 9.47 Å². The minimum atomic E-state index is -0.695. The topological polar surface area (TPSA) is 142 Å². The van der Waals surface area contributed by atoms with Crippen LogP contribution in [0.2, 0.25) is 0 Å². The van der Waals surface area contributed by atoms with E-state index in [1.807, 2.05) is 0 Å². The normalized spacial score (nSPS) is 20.5. The van der Waals surface area contributed by atoms with Crippen LogP contribution in [0.5, 0.6) is 11.5 Å². The Balaban J connectivity index is 1.22. The Morgan fingerprint density at radius 3 is 1.36 bits per heavy atom. The van der Waals surface area contributed by atoms with E-state index in [0.29, 0.717) is 11.5 Å². The first kappa shape index (κ1) is 30.3. The molecular formula is C30H30O12. The molecule has 0 aromatic heterocycles. The van der Waals surface area contributed by atoms with E-state index in [1.165, 1.54) is 62.4 Å². The second kappa shape index (κ2) is 13.8. The summed E-state index contributed by atoms with van der Waals surface area (Å²) >= 11 is 0. The maximum absolute atomic E-state index is 12.7. The summed E-state index contributed by atoms with van der Waals surface area (Å²) in [5.74, 6) is -1.55. The maximum Gasteiger partial charge on any atom is 0.338 e. The third-order valence-corrected chi connectivity index (χ3v) is 6.19. The molecule has 2 aliphatic heterocycles. The first-order valence-electron chi connectivity index (χ1n) is 12.9. The summed E-state index contributed by atoms with van der Waals surface area (Å²) < 4.78 is 43.1. The van der Waals surface area contributed by atoms with E-state index in [2.05, 4.69) is 13.2 Å². The molecule has 0 radical (unpaired) electrons. The minimum Gasteiger partial charge on any atom is -0.457 e. The third kappa shape index (κ3) is 7.74. The Kier molecular flexibility index (Phi) is 9.94. The average molecular weight is 583 g/mol.